The number of aromatic nitrogens is 1. The molecule has 0 aliphatic carbocycles. The molecule has 5 heteroatoms. The zero-order chi connectivity index (χ0) is 20.8. The van der Waals surface area contributed by atoms with Crippen molar-refractivity contribution < 1.29 is 9.90 Å². The van der Waals surface area contributed by atoms with Crippen LogP contribution in [0.4, 0.5) is 0 Å². The summed E-state index contributed by atoms with van der Waals surface area (Å²) in [6, 6.07) is 19.7. The van der Waals surface area contributed by atoms with E-state index in [1.165, 1.54) is 5.56 Å². The van der Waals surface area contributed by atoms with Crippen LogP contribution in [-0.2, 0) is 4.79 Å². The number of aliphatic hydroxyl groups is 1. The molecular formula is C24H27N3O2. The highest BCUT2D eigenvalue weighted by molar-refractivity contribution is 5.84. The fourth-order valence-electron chi connectivity index (χ4n) is 3.42. The van der Waals surface area contributed by atoms with Crippen molar-refractivity contribution in [3.05, 3.63) is 88.7 Å². The number of hydrogen-bond acceptors (Lipinski definition) is 3. The predicted octanol–water partition coefficient (Wildman–Crippen LogP) is 4.37. The van der Waals surface area contributed by atoms with E-state index in [9.17, 15) is 9.90 Å². The highest BCUT2D eigenvalue weighted by Gasteiger charge is 2.11. The quantitative estimate of drug-likeness (QED) is 0.466. The Morgan fingerprint density at radius 3 is 2.59 bits per heavy atom. The van der Waals surface area contributed by atoms with Crippen LogP contribution < -0.4 is 5.43 Å². The van der Waals surface area contributed by atoms with E-state index in [-0.39, 0.29) is 12.3 Å². The normalized spacial score (nSPS) is 12.3. The van der Waals surface area contributed by atoms with Crippen LogP contribution in [0.1, 0.15) is 47.0 Å². The summed E-state index contributed by atoms with van der Waals surface area (Å²) in [7, 11) is 0. The number of rotatable bonds is 7. The molecule has 3 rings (SSSR count). The zero-order valence-electron chi connectivity index (χ0n) is 17.1. The Balaban J connectivity index is 1.59. The number of amides is 1. The van der Waals surface area contributed by atoms with Crippen molar-refractivity contribution in [1.82, 2.24) is 9.99 Å². The monoisotopic (exact) mass is 389 g/mol. The SMILES string of the molecule is Cc1cccc(-n2c(C)cc(/C=N\NC(=O)CC[C@@H](O)c3ccccc3)c2C)c1. The summed E-state index contributed by atoms with van der Waals surface area (Å²) in [5.41, 5.74) is 8.80. The van der Waals surface area contributed by atoms with Gasteiger partial charge in [-0.2, -0.15) is 5.10 Å². The van der Waals surface area contributed by atoms with Crippen LogP contribution in [0.2, 0.25) is 0 Å². The van der Waals surface area contributed by atoms with E-state index in [2.05, 4.69) is 47.1 Å². The van der Waals surface area contributed by atoms with Gasteiger partial charge < -0.3 is 9.67 Å². The average molecular weight is 389 g/mol. The molecule has 0 aliphatic heterocycles. The summed E-state index contributed by atoms with van der Waals surface area (Å²) >= 11 is 0. The van der Waals surface area contributed by atoms with E-state index in [4.69, 9.17) is 0 Å². The van der Waals surface area contributed by atoms with Crippen LogP contribution in [-0.4, -0.2) is 21.8 Å². The molecule has 3 aromatic rings. The highest BCUT2D eigenvalue weighted by Crippen LogP contribution is 2.20. The van der Waals surface area contributed by atoms with Crippen molar-refractivity contribution in [1.29, 1.82) is 0 Å². The van der Waals surface area contributed by atoms with E-state index in [0.717, 1.165) is 28.2 Å². The number of carbonyl (C=O) groups is 1. The molecule has 5 nitrogen and oxygen atoms in total. The van der Waals surface area contributed by atoms with E-state index in [1.54, 1.807) is 6.21 Å². The van der Waals surface area contributed by atoms with Gasteiger partial charge in [0.15, 0.2) is 0 Å². The Labute approximate surface area is 171 Å². The fraction of sp³-hybridized carbons (Fsp3) is 0.250. The van der Waals surface area contributed by atoms with Gasteiger partial charge in [0, 0.05) is 29.1 Å². The van der Waals surface area contributed by atoms with Crippen molar-refractivity contribution in [3.8, 4) is 5.69 Å². The van der Waals surface area contributed by atoms with Gasteiger partial charge in [0.25, 0.3) is 0 Å². The maximum atomic E-state index is 12.0. The summed E-state index contributed by atoms with van der Waals surface area (Å²) in [6.07, 6.45) is 1.57. The van der Waals surface area contributed by atoms with Gasteiger partial charge in [-0.05, 0) is 56.5 Å². The summed E-state index contributed by atoms with van der Waals surface area (Å²) in [5, 5.41) is 14.2. The number of aryl methyl sites for hydroxylation is 2. The Morgan fingerprint density at radius 1 is 1.10 bits per heavy atom. The van der Waals surface area contributed by atoms with Crippen LogP contribution in [0.5, 0.6) is 0 Å². The largest absolute Gasteiger partial charge is 0.388 e. The van der Waals surface area contributed by atoms with Gasteiger partial charge in [-0.25, -0.2) is 5.43 Å². The molecule has 0 unspecified atom stereocenters. The number of hydrazone groups is 1. The topological polar surface area (TPSA) is 66.6 Å². The number of nitrogens with one attached hydrogen (secondary N) is 1. The second-order valence-electron chi connectivity index (χ2n) is 7.26. The van der Waals surface area contributed by atoms with Crippen molar-refractivity contribution in [2.75, 3.05) is 0 Å². The van der Waals surface area contributed by atoms with Gasteiger partial charge in [-0.3, -0.25) is 4.79 Å². The minimum absolute atomic E-state index is 0.204. The number of carbonyl (C=O) groups excluding carboxylic acids is 1. The lowest BCUT2D eigenvalue weighted by Gasteiger charge is -2.10. The van der Waals surface area contributed by atoms with Crippen molar-refractivity contribution >= 4 is 12.1 Å². The van der Waals surface area contributed by atoms with Crippen LogP contribution in [0, 0.1) is 20.8 Å². The number of hydrogen-bond donors (Lipinski definition) is 2. The molecular weight excluding hydrogens is 362 g/mol. The standard InChI is InChI=1S/C24H27N3O2/c1-17-8-7-11-22(14-17)27-18(2)15-21(19(27)3)16-25-26-24(29)13-12-23(28)20-9-5-4-6-10-20/h4-11,14-16,23,28H,12-13H2,1-3H3,(H,26,29)/b25-16-/t23-/m1/s1. The molecule has 2 aromatic carbocycles. The molecule has 0 saturated carbocycles. The fourth-order valence-corrected chi connectivity index (χ4v) is 3.42. The average Bonchev–Trinajstić information content (AvgIpc) is 3.00. The smallest absolute Gasteiger partial charge is 0.240 e. The van der Waals surface area contributed by atoms with Gasteiger partial charge in [-0.15, -0.1) is 0 Å². The molecule has 29 heavy (non-hydrogen) atoms. The van der Waals surface area contributed by atoms with Crippen LogP contribution in [0.25, 0.3) is 5.69 Å². The molecule has 150 valence electrons. The minimum Gasteiger partial charge on any atom is -0.388 e. The van der Waals surface area contributed by atoms with Gasteiger partial charge in [0.05, 0.1) is 12.3 Å². The Bertz CT molecular complexity index is 1010. The highest BCUT2D eigenvalue weighted by atomic mass is 16.3. The first-order valence-corrected chi connectivity index (χ1v) is 9.76. The Kier molecular flexibility index (Phi) is 6.62. The van der Waals surface area contributed by atoms with E-state index < -0.39 is 6.10 Å². The number of nitrogens with zero attached hydrogens (tertiary/aromatic N) is 2. The molecule has 0 spiro atoms. The van der Waals surface area contributed by atoms with Crippen molar-refractivity contribution in [2.24, 2.45) is 5.10 Å². The molecule has 0 aliphatic rings. The zero-order valence-corrected chi connectivity index (χ0v) is 17.1. The summed E-state index contributed by atoms with van der Waals surface area (Å²) in [4.78, 5) is 12.0. The van der Waals surface area contributed by atoms with Crippen molar-refractivity contribution in [3.63, 3.8) is 0 Å². The molecule has 1 heterocycles. The predicted molar refractivity (Wildman–Crippen MR) is 116 cm³/mol. The summed E-state index contributed by atoms with van der Waals surface area (Å²) < 4.78 is 2.17. The van der Waals surface area contributed by atoms with Crippen molar-refractivity contribution in [2.45, 2.75) is 39.7 Å². The second kappa shape index (κ2) is 9.34. The van der Waals surface area contributed by atoms with Crippen LogP contribution in [0.15, 0.2) is 65.8 Å². The van der Waals surface area contributed by atoms with Crippen LogP contribution >= 0.6 is 0 Å². The first kappa shape index (κ1) is 20.6. The molecule has 0 radical (unpaired) electrons. The molecule has 1 aromatic heterocycles. The molecule has 0 saturated heterocycles. The third kappa shape index (κ3) is 5.21. The molecule has 2 N–H and O–H groups in total. The Morgan fingerprint density at radius 2 is 1.86 bits per heavy atom. The number of aliphatic hydroxyl groups excluding tert-OH is 1. The van der Waals surface area contributed by atoms with E-state index in [1.807, 2.05) is 49.4 Å². The van der Waals surface area contributed by atoms with Gasteiger partial charge in [0.1, 0.15) is 0 Å². The summed E-state index contributed by atoms with van der Waals surface area (Å²) in [6.45, 7) is 6.16. The minimum atomic E-state index is -0.654. The maximum absolute atomic E-state index is 12.0. The molecule has 0 fully saturated rings. The summed E-state index contributed by atoms with van der Waals surface area (Å²) in [5.74, 6) is -0.219. The molecule has 1 amide bonds. The number of benzene rings is 2. The second-order valence-corrected chi connectivity index (χ2v) is 7.26. The van der Waals surface area contributed by atoms with Gasteiger partial charge in [-0.1, -0.05) is 42.5 Å². The first-order valence-electron chi connectivity index (χ1n) is 9.76. The lowest BCUT2D eigenvalue weighted by Crippen LogP contribution is -2.18. The third-order valence-corrected chi connectivity index (χ3v) is 4.95. The first-order chi connectivity index (χ1) is 14.0. The lowest BCUT2D eigenvalue weighted by molar-refractivity contribution is -0.121. The molecule has 0 bridgehead atoms. The van der Waals surface area contributed by atoms with Gasteiger partial charge >= 0.3 is 0 Å². The lowest BCUT2D eigenvalue weighted by atomic mass is 10.1. The third-order valence-electron chi connectivity index (χ3n) is 4.95. The van der Waals surface area contributed by atoms with E-state index in [0.29, 0.717) is 6.42 Å². The van der Waals surface area contributed by atoms with Gasteiger partial charge in [0.2, 0.25) is 5.91 Å². The maximum Gasteiger partial charge on any atom is 0.240 e. The molecule has 1 atom stereocenters. The Hall–Kier alpha value is -3.18. The van der Waals surface area contributed by atoms with E-state index >= 15 is 0 Å². The van der Waals surface area contributed by atoms with Crippen LogP contribution in [0.3, 0.4) is 0 Å².